The van der Waals surface area contributed by atoms with E-state index in [2.05, 4.69) is 79.9 Å². The third kappa shape index (κ3) is 49.8. The Bertz CT molecular complexity index is 1300. The molecule has 8 nitrogen and oxygen atoms in total. The first kappa shape index (κ1) is 63.9. The van der Waals surface area contributed by atoms with E-state index in [1.165, 1.54) is 154 Å². The average Bonchev–Trinajstić information content (AvgIpc) is 3.28. The summed E-state index contributed by atoms with van der Waals surface area (Å²) in [4.78, 5) is 23.2. The van der Waals surface area contributed by atoms with Crippen molar-refractivity contribution in [3.05, 3.63) is 72.9 Å². The van der Waals surface area contributed by atoms with Crippen molar-refractivity contribution >= 4 is 13.7 Å². The molecule has 0 heterocycles. The highest BCUT2D eigenvalue weighted by molar-refractivity contribution is 7.47. The molecular formula is C57H106N2O6P+. The van der Waals surface area contributed by atoms with Crippen LogP contribution in [0.25, 0.3) is 0 Å². The molecule has 3 unspecified atom stereocenters. The summed E-state index contributed by atoms with van der Waals surface area (Å²) in [6.07, 6.45) is 65.7. The van der Waals surface area contributed by atoms with Crippen molar-refractivity contribution in [2.45, 2.75) is 244 Å². The van der Waals surface area contributed by atoms with Gasteiger partial charge in [0.15, 0.2) is 0 Å². The van der Waals surface area contributed by atoms with Gasteiger partial charge in [0.2, 0.25) is 5.91 Å². The Hall–Kier alpha value is -2.06. The maximum absolute atomic E-state index is 12.9. The van der Waals surface area contributed by atoms with Crippen LogP contribution in [-0.4, -0.2) is 73.4 Å². The summed E-state index contributed by atoms with van der Waals surface area (Å²) in [5, 5.41) is 13.9. The van der Waals surface area contributed by atoms with Crippen LogP contribution in [0.5, 0.6) is 0 Å². The summed E-state index contributed by atoms with van der Waals surface area (Å²) in [7, 11) is 1.54. The smallest absolute Gasteiger partial charge is 0.387 e. The zero-order valence-corrected chi connectivity index (χ0v) is 44.6. The predicted molar refractivity (Wildman–Crippen MR) is 286 cm³/mol. The molecule has 0 aromatic carbocycles. The quantitative estimate of drug-likeness (QED) is 0.0243. The Labute approximate surface area is 408 Å². The van der Waals surface area contributed by atoms with Crippen LogP contribution < -0.4 is 5.32 Å². The molecule has 0 rings (SSSR count). The van der Waals surface area contributed by atoms with Gasteiger partial charge in [-0.15, -0.1) is 0 Å². The molecule has 384 valence electrons. The van der Waals surface area contributed by atoms with Crippen LogP contribution in [0.15, 0.2) is 72.9 Å². The zero-order valence-electron chi connectivity index (χ0n) is 43.7. The number of quaternary nitrogens is 1. The predicted octanol–water partition coefficient (Wildman–Crippen LogP) is 16.3. The molecular weight excluding hydrogens is 840 g/mol. The number of rotatable bonds is 49. The molecule has 0 saturated heterocycles. The highest BCUT2D eigenvalue weighted by Gasteiger charge is 2.27. The number of unbranched alkanes of at least 4 members (excludes halogenated alkanes) is 26. The molecule has 9 heteroatoms. The van der Waals surface area contributed by atoms with Crippen LogP contribution in [0.4, 0.5) is 0 Å². The van der Waals surface area contributed by atoms with Crippen LogP contribution >= 0.6 is 7.82 Å². The fourth-order valence-corrected chi connectivity index (χ4v) is 8.29. The van der Waals surface area contributed by atoms with E-state index in [9.17, 15) is 19.4 Å². The lowest BCUT2D eigenvalue weighted by molar-refractivity contribution is -0.870. The number of hydrogen-bond acceptors (Lipinski definition) is 5. The molecule has 0 radical (unpaired) electrons. The van der Waals surface area contributed by atoms with Crippen molar-refractivity contribution in [3.8, 4) is 0 Å². The summed E-state index contributed by atoms with van der Waals surface area (Å²) in [6, 6.07) is -0.872. The number of allylic oxidation sites excluding steroid dienone is 11. The lowest BCUT2D eigenvalue weighted by Crippen LogP contribution is -2.45. The third-order valence-electron chi connectivity index (χ3n) is 11.9. The van der Waals surface area contributed by atoms with Gasteiger partial charge in [-0.25, -0.2) is 4.57 Å². The Morgan fingerprint density at radius 1 is 0.515 bits per heavy atom. The molecule has 0 fully saturated rings. The van der Waals surface area contributed by atoms with Crippen LogP contribution in [0.2, 0.25) is 0 Å². The van der Waals surface area contributed by atoms with Crippen molar-refractivity contribution in [1.29, 1.82) is 0 Å². The normalized spacial score (nSPS) is 14.6. The Morgan fingerprint density at radius 3 is 1.32 bits per heavy atom. The maximum Gasteiger partial charge on any atom is 0.472 e. The number of amides is 1. The Morgan fingerprint density at radius 2 is 0.879 bits per heavy atom. The van der Waals surface area contributed by atoms with Gasteiger partial charge in [0, 0.05) is 6.42 Å². The molecule has 0 bridgehead atoms. The van der Waals surface area contributed by atoms with Crippen molar-refractivity contribution in [2.75, 3.05) is 40.9 Å². The lowest BCUT2D eigenvalue weighted by atomic mass is 10.0. The van der Waals surface area contributed by atoms with E-state index in [1.807, 2.05) is 27.2 Å². The summed E-state index contributed by atoms with van der Waals surface area (Å²) < 4.78 is 23.6. The monoisotopic (exact) mass is 946 g/mol. The van der Waals surface area contributed by atoms with E-state index < -0.39 is 20.0 Å². The second kappa shape index (κ2) is 48.0. The van der Waals surface area contributed by atoms with Crippen molar-refractivity contribution in [1.82, 2.24) is 5.32 Å². The molecule has 0 aromatic heterocycles. The molecule has 66 heavy (non-hydrogen) atoms. The van der Waals surface area contributed by atoms with Crippen LogP contribution in [0, 0.1) is 0 Å². The molecule has 1 amide bonds. The molecule has 0 aliphatic heterocycles. The molecule has 0 spiro atoms. The molecule has 0 aliphatic rings. The number of carbonyl (C=O) groups is 1. The molecule has 3 atom stereocenters. The number of likely N-dealkylation sites (N-methyl/N-ethyl adjacent to an activating group) is 1. The summed E-state index contributed by atoms with van der Waals surface area (Å²) in [6.45, 7) is 4.76. The number of phosphoric ester groups is 1. The van der Waals surface area contributed by atoms with E-state index in [4.69, 9.17) is 9.05 Å². The van der Waals surface area contributed by atoms with Crippen LogP contribution in [0.3, 0.4) is 0 Å². The number of nitrogens with zero attached hydrogens (tertiary/aromatic N) is 1. The van der Waals surface area contributed by atoms with Gasteiger partial charge < -0.3 is 19.8 Å². The van der Waals surface area contributed by atoms with E-state index in [0.717, 1.165) is 57.8 Å². The zero-order chi connectivity index (χ0) is 48.5. The highest BCUT2D eigenvalue weighted by atomic mass is 31.2. The molecule has 0 saturated carbocycles. The van der Waals surface area contributed by atoms with Gasteiger partial charge in [-0.05, 0) is 83.5 Å². The largest absolute Gasteiger partial charge is 0.472 e. The minimum atomic E-state index is -4.36. The number of nitrogens with one attached hydrogen (secondary N) is 1. The minimum Gasteiger partial charge on any atom is -0.387 e. The average molecular weight is 946 g/mol. The topological polar surface area (TPSA) is 105 Å². The van der Waals surface area contributed by atoms with E-state index >= 15 is 0 Å². The van der Waals surface area contributed by atoms with Gasteiger partial charge in [0.05, 0.1) is 39.9 Å². The van der Waals surface area contributed by atoms with Crippen LogP contribution in [0.1, 0.15) is 232 Å². The fourth-order valence-electron chi connectivity index (χ4n) is 7.55. The van der Waals surface area contributed by atoms with E-state index in [1.54, 1.807) is 6.08 Å². The van der Waals surface area contributed by atoms with Crippen molar-refractivity contribution in [3.63, 3.8) is 0 Å². The second-order valence-corrected chi connectivity index (χ2v) is 21.0. The second-order valence-electron chi connectivity index (χ2n) is 19.6. The third-order valence-corrected chi connectivity index (χ3v) is 12.9. The minimum absolute atomic E-state index is 0.0511. The van der Waals surface area contributed by atoms with Crippen molar-refractivity contribution in [2.24, 2.45) is 0 Å². The summed E-state index contributed by atoms with van der Waals surface area (Å²) in [5.41, 5.74) is 0. The van der Waals surface area contributed by atoms with E-state index in [-0.39, 0.29) is 19.1 Å². The molecule has 3 N–H and O–H groups in total. The number of carbonyl (C=O) groups excluding carboxylic acids is 1. The first-order valence-corrected chi connectivity index (χ1v) is 28.8. The summed E-state index contributed by atoms with van der Waals surface area (Å²) in [5.74, 6) is -0.194. The lowest BCUT2D eigenvalue weighted by Gasteiger charge is -2.25. The Kier molecular flexibility index (Phi) is 46.5. The number of hydrogen-bond donors (Lipinski definition) is 3. The number of aliphatic hydroxyl groups is 1. The van der Waals surface area contributed by atoms with E-state index in [0.29, 0.717) is 17.4 Å². The standard InChI is InChI=1S/C57H105N2O6P/c1-6-8-10-12-14-16-18-20-22-23-24-25-26-27-28-29-30-31-32-33-34-35-37-39-41-43-45-47-49-51-57(61)58-55(54-65-66(62,63)64-53-52-59(3,4)5)56(60)50-48-46-44-42-40-38-36-21-19-17-15-13-11-9-7-2/h18-21,23-24,26-27,40,42,48,50,55-56,60H,6-17,22,25,28-39,41,43-47,49,51-54H2,1-5H3,(H-,58,61,62,63)/p+1/b20-18-,21-19+,24-23-,27-26-,42-40+,50-48+. The number of phosphoric acid groups is 1. The summed E-state index contributed by atoms with van der Waals surface area (Å²) >= 11 is 0. The SMILES string of the molecule is CCCCCCC/C=C\C/C=C\C/C=C\CCCCCCCCCCCCCCCCC(=O)NC(COP(=O)(O)OCC[N+](C)(C)C)C(O)/C=C/CC/C=C/CC/C=C/CCCCCCC. The first-order valence-electron chi connectivity index (χ1n) is 27.3. The highest BCUT2D eigenvalue weighted by Crippen LogP contribution is 2.43. The van der Waals surface area contributed by atoms with Gasteiger partial charge in [-0.3, -0.25) is 13.8 Å². The van der Waals surface area contributed by atoms with Gasteiger partial charge >= 0.3 is 7.82 Å². The molecule has 0 aliphatic carbocycles. The fraction of sp³-hybridized carbons (Fsp3) is 0.772. The first-order chi connectivity index (χ1) is 32.0. The van der Waals surface area contributed by atoms with Gasteiger partial charge in [0.25, 0.3) is 0 Å². The van der Waals surface area contributed by atoms with Gasteiger partial charge in [-0.1, -0.05) is 215 Å². The Balaban J connectivity index is 4.21. The maximum atomic E-state index is 12.9. The van der Waals surface area contributed by atoms with Crippen LogP contribution in [-0.2, 0) is 18.4 Å². The van der Waals surface area contributed by atoms with Gasteiger partial charge in [-0.2, -0.15) is 0 Å². The van der Waals surface area contributed by atoms with Crippen molar-refractivity contribution < 1.29 is 32.9 Å². The van der Waals surface area contributed by atoms with Gasteiger partial charge in [0.1, 0.15) is 13.2 Å². The number of aliphatic hydroxyl groups excluding tert-OH is 1. The molecule has 0 aromatic rings.